The van der Waals surface area contributed by atoms with Crippen molar-refractivity contribution in [1.82, 2.24) is 4.90 Å². The van der Waals surface area contributed by atoms with Crippen molar-refractivity contribution in [2.45, 2.75) is 45.1 Å². The molecule has 3 heteroatoms. The Kier molecular flexibility index (Phi) is 3.41. The van der Waals surface area contributed by atoms with Gasteiger partial charge >= 0.3 is 0 Å². The van der Waals surface area contributed by atoms with Crippen LogP contribution in [0.2, 0.25) is 0 Å². The van der Waals surface area contributed by atoms with E-state index in [0.717, 1.165) is 35.8 Å². The molecule has 0 radical (unpaired) electrons. The molecule has 0 unspecified atom stereocenters. The molecule has 0 amide bonds. The molecular weight excluding hydrogens is 274 g/mol. The van der Waals surface area contributed by atoms with Crippen molar-refractivity contribution >= 4 is 11.6 Å². The third-order valence-corrected chi connectivity index (χ3v) is 5.61. The summed E-state index contributed by atoms with van der Waals surface area (Å²) >= 11 is 0. The van der Waals surface area contributed by atoms with Crippen molar-refractivity contribution in [3.05, 3.63) is 34.9 Å². The lowest BCUT2D eigenvalue weighted by atomic mass is 9.90. The molecule has 1 aromatic rings. The molecule has 1 aliphatic heterocycles. The van der Waals surface area contributed by atoms with Gasteiger partial charge in [-0.2, -0.15) is 0 Å². The van der Waals surface area contributed by atoms with Crippen LogP contribution >= 0.6 is 0 Å². The van der Waals surface area contributed by atoms with Gasteiger partial charge in [0.25, 0.3) is 0 Å². The highest BCUT2D eigenvalue weighted by Crippen LogP contribution is 2.36. The van der Waals surface area contributed by atoms with Crippen LogP contribution < -0.4 is 0 Å². The summed E-state index contributed by atoms with van der Waals surface area (Å²) in [5, 5.41) is 0. The number of fused-ring (bicyclic) bond motifs is 1. The average Bonchev–Trinajstić information content (AvgIpc) is 3.17. The summed E-state index contributed by atoms with van der Waals surface area (Å²) in [6.45, 7) is 4.52. The Hall–Kier alpha value is -1.48. The number of carbonyl (C=O) groups excluding carboxylic acids is 2. The molecule has 0 aromatic heterocycles. The quantitative estimate of drug-likeness (QED) is 0.802. The summed E-state index contributed by atoms with van der Waals surface area (Å²) in [5.41, 5.74) is 2.97. The third-order valence-electron chi connectivity index (χ3n) is 5.61. The van der Waals surface area contributed by atoms with E-state index in [-0.39, 0.29) is 11.6 Å². The highest BCUT2D eigenvalue weighted by atomic mass is 16.1. The van der Waals surface area contributed by atoms with Gasteiger partial charge in [0.1, 0.15) is 5.78 Å². The lowest BCUT2D eigenvalue weighted by molar-refractivity contribution is -0.117. The fourth-order valence-corrected chi connectivity index (χ4v) is 4.06. The normalized spacial score (nSPS) is 28.1. The van der Waals surface area contributed by atoms with Crippen LogP contribution in [0, 0.1) is 11.8 Å². The number of hydrogen-bond donors (Lipinski definition) is 0. The molecule has 1 saturated heterocycles. The van der Waals surface area contributed by atoms with Gasteiger partial charge in [-0.05, 0) is 41.9 Å². The Labute approximate surface area is 131 Å². The molecule has 1 saturated carbocycles. The van der Waals surface area contributed by atoms with Crippen LogP contribution in [0.3, 0.4) is 0 Å². The molecule has 1 aromatic carbocycles. The molecule has 2 fully saturated rings. The fourth-order valence-electron chi connectivity index (χ4n) is 4.06. The largest absolute Gasteiger partial charge is 0.300 e. The van der Waals surface area contributed by atoms with E-state index in [1.165, 1.54) is 12.8 Å². The Balaban J connectivity index is 1.44. The predicted molar refractivity (Wildman–Crippen MR) is 85.1 cm³/mol. The minimum absolute atomic E-state index is 0.247. The number of hydrogen-bond acceptors (Lipinski definition) is 3. The lowest BCUT2D eigenvalue weighted by Crippen LogP contribution is -2.23. The second-order valence-corrected chi connectivity index (χ2v) is 7.43. The number of carbonyl (C=O) groups is 2. The predicted octanol–water partition coefficient (Wildman–Crippen LogP) is 2.66. The summed E-state index contributed by atoms with van der Waals surface area (Å²) in [6, 6.07) is 6.65. The van der Waals surface area contributed by atoms with Gasteiger partial charge in [0.05, 0.1) is 0 Å². The second kappa shape index (κ2) is 5.31. The zero-order valence-corrected chi connectivity index (χ0v) is 13.2. The molecule has 2 aliphatic carbocycles. The first-order chi connectivity index (χ1) is 10.6. The number of rotatable bonds is 4. The SMILES string of the molecule is C[C@H]1CN(C2CC2)C[C@@H]1CC(=O)c1ccc2c(c1)CC(=O)C2. The van der Waals surface area contributed by atoms with Crippen LogP contribution in [-0.2, 0) is 17.6 Å². The van der Waals surface area contributed by atoms with E-state index < -0.39 is 0 Å². The standard InChI is InChI=1S/C19H23NO2/c1-12-10-20(17-4-5-17)11-16(12)9-19(22)14-3-2-13-7-18(21)8-15(13)6-14/h2-3,6,12,16-17H,4-5,7-11H2,1H3/t12-,16-/m0/s1. The van der Waals surface area contributed by atoms with E-state index >= 15 is 0 Å². The average molecular weight is 297 g/mol. The van der Waals surface area contributed by atoms with Gasteiger partial charge in [-0.15, -0.1) is 0 Å². The Morgan fingerprint density at radius 1 is 1.18 bits per heavy atom. The van der Waals surface area contributed by atoms with Crippen molar-refractivity contribution < 1.29 is 9.59 Å². The molecule has 0 bridgehead atoms. The number of ketones is 2. The second-order valence-electron chi connectivity index (χ2n) is 7.43. The molecule has 0 N–H and O–H groups in total. The van der Waals surface area contributed by atoms with E-state index in [2.05, 4.69) is 11.8 Å². The smallest absolute Gasteiger partial charge is 0.163 e. The first-order valence-electron chi connectivity index (χ1n) is 8.51. The van der Waals surface area contributed by atoms with Gasteiger partial charge in [-0.25, -0.2) is 0 Å². The van der Waals surface area contributed by atoms with Gasteiger partial charge in [-0.1, -0.05) is 19.1 Å². The topological polar surface area (TPSA) is 37.4 Å². The van der Waals surface area contributed by atoms with Crippen LogP contribution in [0.5, 0.6) is 0 Å². The van der Waals surface area contributed by atoms with E-state index in [9.17, 15) is 9.59 Å². The summed E-state index contributed by atoms with van der Waals surface area (Å²) in [7, 11) is 0. The number of likely N-dealkylation sites (tertiary alicyclic amines) is 1. The van der Waals surface area contributed by atoms with Crippen LogP contribution in [0.4, 0.5) is 0 Å². The number of Topliss-reactive ketones (excluding diaryl/α,β-unsaturated/α-hetero) is 2. The van der Waals surface area contributed by atoms with Gasteiger partial charge < -0.3 is 0 Å². The number of benzene rings is 1. The maximum absolute atomic E-state index is 12.6. The highest BCUT2D eigenvalue weighted by molar-refractivity contribution is 5.97. The van der Waals surface area contributed by atoms with E-state index in [0.29, 0.717) is 31.1 Å². The minimum Gasteiger partial charge on any atom is -0.300 e. The molecule has 3 aliphatic rings. The third kappa shape index (κ3) is 2.63. The molecule has 2 atom stereocenters. The van der Waals surface area contributed by atoms with Gasteiger partial charge in [0.2, 0.25) is 0 Å². The van der Waals surface area contributed by atoms with Crippen LogP contribution in [0.25, 0.3) is 0 Å². The van der Waals surface area contributed by atoms with Gasteiger partial charge in [0, 0.05) is 44.0 Å². The van der Waals surface area contributed by atoms with E-state index in [4.69, 9.17) is 0 Å². The Morgan fingerprint density at radius 2 is 1.95 bits per heavy atom. The van der Waals surface area contributed by atoms with E-state index in [1.54, 1.807) is 0 Å². The van der Waals surface area contributed by atoms with Crippen LogP contribution in [-0.4, -0.2) is 35.6 Å². The Morgan fingerprint density at radius 3 is 2.73 bits per heavy atom. The lowest BCUT2D eigenvalue weighted by Gasteiger charge is -2.14. The van der Waals surface area contributed by atoms with Crippen LogP contribution in [0.15, 0.2) is 18.2 Å². The molecule has 22 heavy (non-hydrogen) atoms. The molecule has 4 rings (SSSR count). The molecule has 116 valence electrons. The van der Waals surface area contributed by atoms with E-state index in [1.807, 2.05) is 18.2 Å². The van der Waals surface area contributed by atoms with Gasteiger partial charge in [-0.3, -0.25) is 14.5 Å². The molecule has 3 nitrogen and oxygen atoms in total. The maximum Gasteiger partial charge on any atom is 0.163 e. The van der Waals surface area contributed by atoms with Crippen molar-refractivity contribution in [3.63, 3.8) is 0 Å². The summed E-state index contributed by atoms with van der Waals surface area (Å²) in [6.07, 6.45) is 4.38. The zero-order chi connectivity index (χ0) is 15.3. The summed E-state index contributed by atoms with van der Waals surface area (Å²) in [5.74, 6) is 1.62. The maximum atomic E-state index is 12.6. The Bertz CT molecular complexity index is 632. The minimum atomic E-state index is 0.247. The monoisotopic (exact) mass is 297 g/mol. The fraction of sp³-hybridized carbons (Fsp3) is 0.579. The highest BCUT2D eigenvalue weighted by Gasteiger charge is 2.38. The zero-order valence-electron chi connectivity index (χ0n) is 13.2. The van der Waals surface area contributed by atoms with Crippen molar-refractivity contribution in [1.29, 1.82) is 0 Å². The number of nitrogens with zero attached hydrogens (tertiary/aromatic N) is 1. The summed E-state index contributed by atoms with van der Waals surface area (Å²) in [4.78, 5) is 26.7. The van der Waals surface area contributed by atoms with Crippen molar-refractivity contribution in [2.24, 2.45) is 11.8 Å². The summed E-state index contributed by atoms with van der Waals surface area (Å²) < 4.78 is 0. The molecule has 0 spiro atoms. The van der Waals surface area contributed by atoms with Crippen molar-refractivity contribution in [2.75, 3.05) is 13.1 Å². The van der Waals surface area contributed by atoms with Crippen LogP contribution in [0.1, 0.15) is 47.7 Å². The molecular formula is C19H23NO2. The van der Waals surface area contributed by atoms with Crippen molar-refractivity contribution in [3.8, 4) is 0 Å². The first kappa shape index (κ1) is 14.1. The first-order valence-corrected chi connectivity index (χ1v) is 8.51. The molecule has 1 heterocycles. The van der Waals surface area contributed by atoms with Gasteiger partial charge in [0.15, 0.2) is 5.78 Å².